The van der Waals surface area contributed by atoms with Gasteiger partial charge in [0.1, 0.15) is 5.78 Å². The van der Waals surface area contributed by atoms with Gasteiger partial charge in [-0.1, -0.05) is 25.0 Å². The molecule has 4 nitrogen and oxygen atoms in total. The molecule has 0 bridgehead atoms. The summed E-state index contributed by atoms with van der Waals surface area (Å²) < 4.78 is 0. The van der Waals surface area contributed by atoms with Crippen LogP contribution in [0.3, 0.4) is 0 Å². The molecule has 0 aliphatic heterocycles. The third-order valence-corrected chi connectivity index (χ3v) is 4.46. The third kappa shape index (κ3) is 3.10. The van der Waals surface area contributed by atoms with E-state index in [0.29, 0.717) is 11.3 Å². The fraction of sp³-hybridized carbons (Fsp3) is 0.462. The van der Waals surface area contributed by atoms with Crippen LogP contribution in [0.15, 0.2) is 29.2 Å². The highest BCUT2D eigenvalue weighted by Crippen LogP contribution is 2.35. The monoisotopic (exact) mass is 265 g/mol. The first-order chi connectivity index (χ1) is 8.68. The molecule has 0 saturated heterocycles. The lowest BCUT2D eigenvalue weighted by Gasteiger charge is -2.12. The highest BCUT2D eigenvalue weighted by atomic mass is 32.2. The van der Waals surface area contributed by atoms with E-state index >= 15 is 0 Å². The molecule has 1 fully saturated rings. The third-order valence-electron chi connectivity index (χ3n) is 3.08. The van der Waals surface area contributed by atoms with Gasteiger partial charge in [0.05, 0.1) is 15.1 Å². The number of nitrogens with zero attached hydrogens (tertiary/aromatic N) is 1. The average Bonchev–Trinajstić information content (AvgIpc) is 2.55. The number of nitro benzene ring substituents is 1. The summed E-state index contributed by atoms with van der Waals surface area (Å²) in [6.07, 6.45) is 4.50. The average molecular weight is 265 g/mol. The highest BCUT2D eigenvalue weighted by Gasteiger charge is 2.24. The van der Waals surface area contributed by atoms with Gasteiger partial charge >= 0.3 is 0 Å². The van der Waals surface area contributed by atoms with Crippen molar-refractivity contribution in [3.63, 3.8) is 0 Å². The van der Waals surface area contributed by atoms with Gasteiger partial charge < -0.3 is 0 Å². The Labute approximate surface area is 110 Å². The maximum Gasteiger partial charge on any atom is 0.282 e. The lowest BCUT2D eigenvalue weighted by atomic mass is 10.2. The molecule has 0 N–H and O–H groups in total. The van der Waals surface area contributed by atoms with Gasteiger partial charge in [-0.2, -0.15) is 0 Å². The summed E-state index contributed by atoms with van der Waals surface area (Å²) >= 11 is 1.35. The molecule has 1 unspecified atom stereocenters. The van der Waals surface area contributed by atoms with Crippen molar-refractivity contribution in [2.24, 2.45) is 0 Å². The Bertz CT molecular complexity index is 461. The second kappa shape index (κ2) is 6.00. The summed E-state index contributed by atoms with van der Waals surface area (Å²) in [4.78, 5) is 23.0. The maximum atomic E-state index is 11.9. The molecular weight excluding hydrogens is 250 g/mol. The van der Waals surface area contributed by atoms with Gasteiger partial charge in [0.25, 0.3) is 5.69 Å². The number of rotatable bonds is 3. The van der Waals surface area contributed by atoms with Crippen molar-refractivity contribution in [3.8, 4) is 0 Å². The van der Waals surface area contributed by atoms with Crippen LogP contribution >= 0.6 is 11.8 Å². The molecule has 1 saturated carbocycles. The fourth-order valence-electron chi connectivity index (χ4n) is 2.11. The van der Waals surface area contributed by atoms with E-state index in [9.17, 15) is 14.9 Å². The maximum absolute atomic E-state index is 11.9. The van der Waals surface area contributed by atoms with E-state index < -0.39 is 0 Å². The first-order valence-electron chi connectivity index (χ1n) is 6.11. The van der Waals surface area contributed by atoms with E-state index in [1.807, 2.05) is 0 Å². The zero-order chi connectivity index (χ0) is 13.0. The van der Waals surface area contributed by atoms with E-state index in [4.69, 9.17) is 0 Å². The van der Waals surface area contributed by atoms with E-state index in [2.05, 4.69) is 0 Å². The summed E-state index contributed by atoms with van der Waals surface area (Å²) in [5.74, 6) is 0.232. The molecule has 96 valence electrons. The number of thioether (sulfide) groups is 1. The first kappa shape index (κ1) is 13.1. The Morgan fingerprint density at radius 2 is 2.00 bits per heavy atom. The van der Waals surface area contributed by atoms with Crippen molar-refractivity contribution in [2.45, 2.75) is 42.2 Å². The number of nitro groups is 1. The van der Waals surface area contributed by atoms with Crippen molar-refractivity contribution < 1.29 is 9.72 Å². The number of carbonyl (C=O) groups is 1. The summed E-state index contributed by atoms with van der Waals surface area (Å²) in [5, 5.41) is 10.8. The summed E-state index contributed by atoms with van der Waals surface area (Å²) in [6, 6.07) is 6.64. The number of ketones is 1. The molecule has 1 aromatic carbocycles. The largest absolute Gasteiger partial charge is 0.298 e. The quantitative estimate of drug-likeness (QED) is 0.476. The Morgan fingerprint density at radius 1 is 1.22 bits per heavy atom. The number of para-hydroxylation sites is 1. The molecule has 1 aliphatic rings. The number of Topliss-reactive ketones (excluding diaryl/α,β-unsaturated/α-hetero) is 1. The molecule has 0 aromatic heterocycles. The molecular formula is C13H15NO3S. The van der Waals surface area contributed by atoms with Gasteiger partial charge in [0.2, 0.25) is 0 Å². The first-order valence-corrected chi connectivity index (χ1v) is 6.99. The summed E-state index contributed by atoms with van der Waals surface area (Å²) in [6.45, 7) is 0. The Kier molecular flexibility index (Phi) is 4.36. The Hall–Kier alpha value is -1.36. The van der Waals surface area contributed by atoms with Gasteiger partial charge in [0, 0.05) is 12.5 Å². The molecule has 1 aromatic rings. The highest BCUT2D eigenvalue weighted by molar-refractivity contribution is 8.00. The molecule has 18 heavy (non-hydrogen) atoms. The van der Waals surface area contributed by atoms with Crippen molar-refractivity contribution in [3.05, 3.63) is 34.4 Å². The summed E-state index contributed by atoms with van der Waals surface area (Å²) in [5.41, 5.74) is 0.0968. The number of hydrogen-bond acceptors (Lipinski definition) is 4. The lowest BCUT2D eigenvalue weighted by molar-refractivity contribution is -0.387. The van der Waals surface area contributed by atoms with Gasteiger partial charge in [0.15, 0.2) is 0 Å². The minimum atomic E-state index is -0.385. The smallest absolute Gasteiger partial charge is 0.282 e. The molecule has 0 amide bonds. The molecule has 5 heteroatoms. The van der Waals surface area contributed by atoms with Crippen LogP contribution < -0.4 is 0 Å². The predicted molar refractivity (Wildman–Crippen MR) is 70.8 cm³/mol. The van der Waals surface area contributed by atoms with Crippen LogP contribution in [-0.2, 0) is 4.79 Å². The van der Waals surface area contributed by atoms with Gasteiger partial charge in [-0.3, -0.25) is 14.9 Å². The number of hydrogen-bond donors (Lipinski definition) is 0. The van der Waals surface area contributed by atoms with Crippen LogP contribution in [0.2, 0.25) is 0 Å². The zero-order valence-electron chi connectivity index (χ0n) is 10.0. The topological polar surface area (TPSA) is 60.2 Å². The zero-order valence-corrected chi connectivity index (χ0v) is 10.8. The van der Waals surface area contributed by atoms with Gasteiger partial charge in [-0.25, -0.2) is 0 Å². The van der Waals surface area contributed by atoms with Gasteiger partial charge in [-0.15, -0.1) is 11.8 Å². The van der Waals surface area contributed by atoms with Crippen LogP contribution in [0.4, 0.5) is 5.69 Å². The molecule has 1 aliphatic carbocycles. The Morgan fingerprint density at radius 3 is 2.78 bits per heavy atom. The SMILES string of the molecule is O=C1CCCCCC1Sc1ccccc1[N+](=O)[O-]. The normalized spacial score (nSPS) is 20.4. The minimum Gasteiger partial charge on any atom is -0.298 e. The van der Waals surface area contributed by atoms with Crippen molar-refractivity contribution in [1.82, 2.24) is 0 Å². The van der Waals surface area contributed by atoms with Crippen LogP contribution in [0.1, 0.15) is 32.1 Å². The van der Waals surface area contributed by atoms with Crippen molar-refractivity contribution >= 4 is 23.2 Å². The van der Waals surface area contributed by atoms with Gasteiger partial charge in [-0.05, 0) is 18.9 Å². The van der Waals surface area contributed by atoms with Crippen LogP contribution in [0, 0.1) is 10.1 Å². The standard InChI is InChI=1S/C13H15NO3S/c15-11-7-2-1-3-9-13(11)18-12-8-5-4-6-10(12)14(16)17/h4-6,8,13H,1-3,7,9H2. The Balaban J connectivity index is 2.17. The molecule has 2 rings (SSSR count). The predicted octanol–water partition coefficient (Wildman–Crippen LogP) is 3.59. The van der Waals surface area contributed by atoms with E-state index in [-0.39, 0.29) is 21.6 Å². The van der Waals surface area contributed by atoms with Crippen LogP contribution in [0.5, 0.6) is 0 Å². The van der Waals surface area contributed by atoms with Crippen molar-refractivity contribution in [2.75, 3.05) is 0 Å². The molecule has 0 radical (unpaired) electrons. The lowest BCUT2D eigenvalue weighted by Crippen LogP contribution is -2.14. The second-order valence-corrected chi connectivity index (χ2v) is 5.64. The minimum absolute atomic E-state index is 0.0968. The van der Waals surface area contributed by atoms with Crippen LogP contribution in [0.25, 0.3) is 0 Å². The molecule has 1 atom stereocenters. The fourth-order valence-corrected chi connectivity index (χ4v) is 3.37. The van der Waals surface area contributed by atoms with E-state index in [1.165, 1.54) is 17.8 Å². The second-order valence-electron chi connectivity index (χ2n) is 4.40. The van der Waals surface area contributed by atoms with Crippen LogP contribution in [-0.4, -0.2) is 16.0 Å². The van der Waals surface area contributed by atoms with Crippen molar-refractivity contribution in [1.29, 1.82) is 0 Å². The van der Waals surface area contributed by atoms with E-state index in [1.54, 1.807) is 18.2 Å². The number of carbonyl (C=O) groups excluding carboxylic acids is 1. The summed E-state index contributed by atoms with van der Waals surface area (Å²) in [7, 11) is 0. The molecule has 0 heterocycles. The number of benzene rings is 1. The van der Waals surface area contributed by atoms with E-state index in [0.717, 1.165) is 25.7 Å². The molecule has 0 spiro atoms.